The number of aliphatic hydroxyl groups excluding tert-OH is 2. The van der Waals surface area contributed by atoms with Crippen LogP contribution in [0.5, 0.6) is 0 Å². The van der Waals surface area contributed by atoms with E-state index in [4.69, 9.17) is 0 Å². The molecule has 0 amide bonds. The monoisotopic (exact) mass is 443 g/mol. The molecule has 6 heteroatoms. The Morgan fingerprint density at radius 1 is 1.00 bits per heavy atom. The number of benzene rings is 1. The van der Waals surface area contributed by atoms with Gasteiger partial charge in [-0.05, 0) is 57.8 Å². The first-order valence-corrected chi connectivity index (χ1v) is 7.94. The zero-order valence-electron chi connectivity index (χ0n) is 10.2. The predicted molar refractivity (Wildman–Crippen MR) is 85.1 cm³/mol. The van der Waals surface area contributed by atoms with E-state index < -0.39 is 12.2 Å². The molecule has 0 aliphatic heterocycles. The van der Waals surface area contributed by atoms with Crippen LogP contribution in [0.4, 0.5) is 5.69 Å². The fourth-order valence-corrected chi connectivity index (χ4v) is 4.49. The molecule has 18 heavy (non-hydrogen) atoms. The Bertz CT molecular complexity index is 377. The second-order valence-corrected chi connectivity index (χ2v) is 6.95. The van der Waals surface area contributed by atoms with Crippen LogP contribution in [0.25, 0.3) is 0 Å². The van der Waals surface area contributed by atoms with Crippen molar-refractivity contribution in [2.45, 2.75) is 26.1 Å². The predicted octanol–water partition coefficient (Wildman–Crippen LogP) is 3.54. The van der Waals surface area contributed by atoms with Gasteiger partial charge in [-0.3, -0.25) is 0 Å². The Morgan fingerprint density at radius 3 is 1.72 bits per heavy atom. The lowest BCUT2D eigenvalue weighted by Gasteiger charge is -2.29. The minimum Gasteiger partial charge on any atom is -0.392 e. The molecule has 0 radical (unpaired) electrons. The van der Waals surface area contributed by atoms with E-state index in [0.29, 0.717) is 13.1 Å². The molecule has 0 aliphatic carbocycles. The van der Waals surface area contributed by atoms with E-state index in [2.05, 4.69) is 47.8 Å². The Balaban J connectivity index is 3.11. The van der Waals surface area contributed by atoms with Crippen LogP contribution < -0.4 is 4.90 Å². The molecule has 0 bridgehead atoms. The van der Waals surface area contributed by atoms with Crippen molar-refractivity contribution >= 4 is 53.5 Å². The van der Waals surface area contributed by atoms with E-state index in [9.17, 15) is 10.2 Å². The van der Waals surface area contributed by atoms with Gasteiger partial charge in [-0.1, -0.05) is 15.9 Å². The van der Waals surface area contributed by atoms with Gasteiger partial charge in [0.15, 0.2) is 0 Å². The van der Waals surface area contributed by atoms with Crippen LogP contribution in [-0.2, 0) is 0 Å². The highest BCUT2D eigenvalue weighted by Gasteiger charge is 2.18. The van der Waals surface area contributed by atoms with Crippen molar-refractivity contribution in [2.75, 3.05) is 18.0 Å². The van der Waals surface area contributed by atoms with E-state index in [1.54, 1.807) is 13.8 Å². The Kier molecular flexibility index (Phi) is 6.61. The number of nitrogens with zero attached hydrogens (tertiary/aromatic N) is 1. The Labute approximate surface area is 133 Å². The van der Waals surface area contributed by atoms with Gasteiger partial charge < -0.3 is 15.1 Å². The molecule has 0 fully saturated rings. The third kappa shape index (κ3) is 4.81. The second-order valence-electron chi connectivity index (χ2n) is 4.32. The van der Waals surface area contributed by atoms with Crippen molar-refractivity contribution < 1.29 is 10.2 Å². The van der Waals surface area contributed by atoms with Crippen LogP contribution in [-0.4, -0.2) is 35.5 Å². The lowest BCUT2D eigenvalue weighted by atomic mass is 10.2. The van der Waals surface area contributed by atoms with E-state index >= 15 is 0 Å². The lowest BCUT2D eigenvalue weighted by molar-refractivity contribution is 0.178. The summed E-state index contributed by atoms with van der Waals surface area (Å²) in [6.45, 7) is 4.39. The summed E-state index contributed by atoms with van der Waals surface area (Å²) in [7, 11) is 0. The van der Waals surface area contributed by atoms with Crippen LogP contribution in [0.3, 0.4) is 0 Å². The maximum Gasteiger partial charge on any atom is 0.0687 e. The third-order valence-electron chi connectivity index (χ3n) is 2.27. The second kappa shape index (κ2) is 7.24. The van der Waals surface area contributed by atoms with Gasteiger partial charge >= 0.3 is 0 Å². The maximum atomic E-state index is 9.57. The first kappa shape index (κ1) is 16.4. The summed E-state index contributed by atoms with van der Waals surface area (Å²) in [5.74, 6) is 0. The van der Waals surface area contributed by atoms with Gasteiger partial charge in [-0.2, -0.15) is 0 Å². The topological polar surface area (TPSA) is 43.7 Å². The number of hydrogen-bond acceptors (Lipinski definition) is 3. The summed E-state index contributed by atoms with van der Waals surface area (Å²) < 4.78 is 2.77. The van der Waals surface area contributed by atoms with Crippen molar-refractivity contribution in [1.29, 1.82) is 0 Å². The SMILES string of the molecule is CC(O)CN(CC(C)O)c1c(Br)cc(Br)cc1Br. The molecule has 3 nitrogen and oxygen atoms in total. The molecule has 2 N–H and O–H groups in total. The molecule has 2 atom stereocenters. The molecule has 1 aromatic carbocycles. The van der Waals surface area contributed by atoms with Crippen molar-refractivity contribution in [3.8, 4) is 0 Å². The molecule has 1 aromatic rings. The van der Waals surface area contributed by atoms with Crippen molar-refractivity contribution in [1.82, 2.24) is 0 Å². The normalized spacial score (nSPS) is 14.4. The van der Waals surface area contributed by atoms with Gasteiger partial charge in [0.1, 0.15) is 0 Å². The average Bonchev–Trinajstić information content (AvgIpc) is 2.12. The Morgan fingerprint density at radius 2 is 1.39 bits per heavy atom. The molecule has 0 heterocycles. The quantitative estimate of drug-likeness (QED) is 0.728. The van der Waals surface area contributed by atoms with Crippen LogP contribution in [0.1, 0.15) is 13.8 Å². The van der Waals surface area contributed by atoms with Gasteiger partial charge in [0.25, 0.3) is 0 Å². The van der Waals surface area contributed by atoms with Gasteiger partial charge in [0.05, 0.1) is 17.9 Å². The highest BCUT2D eigenvalue weighted by atomic mass is 79.9. The van der Waals surface area contributed by atoms with Gasteiger partial charge in [0.2, 0.25) is 0 Å². The molecule has 0 aromatic heterocycles. The lowest BCUT2D eigenvalue weighted by Crippen LogP contribution is -2.36. The van der Waals surface area contributed by atoms with Gasteiger partial charge in [-0.25, -0.2) is 0 Å². The van der Waals surface area contributed by atoms with Crippen molar-refractivity contribution in [3.63, 3.8) is 0 Å². The van der Waals surface area contributed by atoms with Gasteiger partial charge in [-0.15, -0.1) is 0 Å². The van der Waals surface area contributed by atoms with Crippen molar-refractivity contribution in [3.05, 3.63) is 25.6 Å². The largest absolute Gasteiger partial charge is 0.392 e. The number of rotatable bonds is 5. The molecule has 0 aliphatic rings. The summed E-state index contributed by atoms with van der Waals surface area (Å²) in [6, 6.07) is 3.88. The molecule has 0 spiro atoms. The molecule has 102 valence electrons. The minimum absolute atomic E-state index is 0.462. The fourth-order valence-electron chi connectivity index (χ4n) is 1.73. The standard InChI is InChI=1S/C12H16Br3NO2/c1-7(17)5-16(6-8(2)18)12-10(14)3-9(13)4-11(12)15/h3-4,7-8,17-18H,5-6H2,1-2H3. The smallest absolute Gasteiger partial charge is 0.0687 e. The van der Waals surface area contributed by atoms with E-state index in [1.807, 2.05) is 17.0 Å². The maximum absolute atomic E-state index is 9.57. The van der Waals surface area contributed by atoms with E-state index in [-0.39, 0.29) is 0 Å². The van der Waals surface area contributed by atoms with Crippen LogP contribution >= 0.6 is 47.8 Å². The number of aliphatic hydroxyl groups is 2. The minimum atomic E-state index is -0.466. The first-order chi connectivity index (χ1) is 8.31. The summed E-state index contributed by atoms with van der Waals surface area (Å²) in [6.07, 6.45) is -0.933. The average molecular weight is 446 g/mol. The van der Waals surface area contributed by atoms with Gasteiger partial charge in [0, 0.05) is 26.5 Å². The molecule has 0 saturated carbocycles. The van der Waals surface area contributed by atoms with Crippen LogP contribution in [0, 0.1) is 0 Å². The van der Waals surface area contributed by atoms with Crippen molar-refractivity contribution in [2.24, 2.45) is 0 Å². The third-order valence-corrected chi connectivity index (χ3v) is 3.93. The molecule has 1 rings (SSSR count). The number of hydrogen-bond donors (Lipinski definition) is 2. The molecular weight excluding hydrogens is 430 g/mol. The summed E-state index contributed by atoms with van der Waals surface area (Å²) in [4.78, 5) is 1.95. The summed E-state index contributed by atoms with van der Waals surface area (Å²) >= 11 is 10.4. The van der Waals surface area contributed by atoms with Crippen LogP contribution in [0.2, 0.25) is 0 Å². The highest BCUT2D eigenvalue weighted by molar-refractivity contribution is 9.11. The first-order valence-electron chi connectivity index (χ1n) is 5.57. The molecule has 2 unspecified atom stereocenters. The fraction of sp³-hybridized carbons (Fsp3) is 0.500. The van der Waals surface area contributed by atoms with E-state index in [0.717, 1.165) is 19.1 Å². The zero-order chi connectivity index (χ0) is 13.9. The summed E-state index contributed by atoms with van der Waals surface area (Å²) in [5.41, 5.74) is 0.931. The summed E-state index contributed by atoms with van der Waals surface area (Å²) in [5, 5.41) is 19.1. The highest BCUT2D eigenvalue weighted by Crippen LogP contribution is 2.37. The Hall–Kier alpha value is 0.380. The number of anilines is 1. The number of halogens is 3. The zero-order valence-corrected chi connectivity index (χ0v) is 15.0. The molecular formula is C12H16Br3NO2. The molecule has 0 saturated heterocycles. The van der Waals surface area contributed by atoms with Crippen LogP contribution in [0.15, 0.2) is 25.6 Å². The van der Waals surface area contributed by atoms with E-state index in [1.165, 1.54) is 0 Å².